The minimum Gasteiger partial charge on any atom is -0.322 e. The molecule has 108 valence electrons. The van der Waals surface area contributed by atoms with Crippen LogP contribution in [0.2, 0.25) is 0 Å². The lowest BCUT2D eigenvalue weighted by molar-refractivity contribution is 0.106. The second-order valence-electron chi connectivity index (χ2n) is 5.64. The van der Waals surface area contributed by atoms with Gasteiger partial charge in [0.2, 0.25) is 0 Å². The summed E-state index contributed by atoms with van der Waals surface area (Å²) < 4.78 is 0. The molecule has 2 rings (SSSR count). The Morgan fingerprint density at radius 2 is 1.85 bits per heavy atom. The van der Waals surface area contributed by atoms with Gasteiger partial charge in [-0.3, -0.25) is 4.98 Å². The molecule has 0 radical (unpaired) electrons. The summed E-state index contributed by atoms with van der Waals surface area (Å²) in [4.78, 5) is 6.80. The number of likely N-dealkylation sites (N-methyl/N-ethyl adjacent to an activating group) is 1. The molecule has 0 bridgehead atoms. The molecular weight excluding hydrogens is 246 g/mol. The van der Waals surface area contributed by atoms with Crippen LogP contribution in [-0.2, 0) is 0 Å². The summed E-state index contributed by atoms with van der Waals surface area (Å²) in [6.07, 6.45) is 3.96. The molecule has 1 heterocycles. The molecule has 1 aromatic heterocycles. The highest BCUT2D eigenvalue weighted by atomic mass is 15.2. The molecule has 0 aliphatic rings. The largest absolute Gasteiger partial charge is 0.322 e. The summed E-state index contributed by atoms with van der Waals surface area (Å²) in [5, 5.41) is 1.15. The van der Waals surface area contributed by atoms with E-state index in [0.29, 0.717) is 0 Å². The van der Waals surface area contributed by atoms with Crippen LogP contribution in [0, 0.1) is 0 Å². The van der Waals surface area contributed by atoms with Gasteiger partial charge in [-0.15, -0.1) is 0 Å². The molecule has 2 N–H and O–H groups in total. The average molecular weight is 271 g/mol. The van der Waals surface area contributed by atoms with Gasteiger partial charge in [-0.1, -0.05) is 32.0 Å². The Morgan fingerprint density at radius 3 is 2.45 bits per heavy atom. The van der Waals surface area contributed by atoms with Crippen LogP contribution in [0.4, 0.5) is 0 Å². The number of para-hydroxylation sites is 1. The number of fused-ring (bicyclic) bond motifs is 1. The van der Waals surface area contributed by atoms with Crippen LogP contribution in [0.25, 0.3) is 10.9 Å². The standard InChI is InChI=1S/C17H25N3/c1-5-17(6-2,20(3)4)16(18)14-11-13-9-7-8-10-15(13)19-12-14/h7-12,16H,5-6,18H2,1-4H3. The molecule has 3 heteroatoms. The minimum atomic E-state index is -0.0374. The lowest BCUT2D eigenvalue weighted by Crippen LogP contribution is -2.51. The number of rotatable bonds is 5. The van der Waals surface area contributed by atoms with Gasteiger partial charge in [-0.05, 0) is 44.6 Å². The summed E-state index contributed by atoms with van der Waals surface area (Å²) in [6, 6.07) is 10.3. The first kappa shape index (κ1) is 14.9. The van der Waals surface area contributed by atoms with Crippen LogP contribution in [0.15, 0.2) is 36.5 Å². The van der Waals surface area contributed by atoms with Crippen LogP contribution in [0.3, 0.4) is 0 Å². The first-order valence-corrected chi connectivity index (χ1v) is 7.33. The fourth-order valence-electron chi connectivity index (χ4n) is 3.17. The third-order valence-corrected chi connectivity index (χ3v) is 4.66. The molecule has 1 unspecified atom stereocenters. The summed E-state index contributed by atoms with van der Waals surface area (Å²) in [7, 11) is 4.22. The molecule has 0 fully saturated rings. The number of nitrogens with two attached hydrogens (primary N) is 1. The predicted octanol–water partition coefficient (Wildman–Crippen LogP) is 3.36. The zero-order valence-electron chi connectivity index (χ0n) is 12.9. The molecule has 0 aliphatic heterocycles. The van der Waals surface area contributed by atoms with Crippen molar-refractivity contribution in [1.29, 1.82) is 0 Å². The fourth-order valence-corrected chi connectivity index (χ4v) is 3.17. The van der Waals surface area contributed by atoms with Gasteiger partial charge in [-0.2, -0.15) is 0 Å². The number of aromatic nitrogens is 1. The van der Waals surface area contributed by atoms with E-state index in [1.54, 1.807) is 0 Å². The Bertz CT molecular complexity index is 573. The smallest absolute Gasteiger partial charge is 0.0702 e. The second kappa shape index (κ2) is 5.90. The maximum absolute atomic E-state index is 6.61. The van der Waals surface area contributed by atoms with Crippen LogP contribution < -0.4 is 5.73 Å². The van der Waals surface area contributed by atoms with Gasteiger partial charge in [0.25, 0.3) is 0 Å². The topological polar surface area (TPSA) is 42.1 Å². The first-order valence-electron chi connectivity index (χ1n) is 7.33. The third kappa shape index (κ3) is 2.43. The van der Waals surface area contributed by atoms with Gasteiger partial charge in [-0.25, -0.2) is 0 Å². The van der Waals surface area contributed by atoms with Crippen molar-refractivity contribution < 1.29 is 0 Å². The van der Waals surface area contributed by atoms with Crippen molar-refractivity contribution >= 4 is 10.9 Å². The summed E-state index contributed by atoms with van der Waals surface area (Å²) in [5.41, 5.74) is 8.71. The first-order chi connectivity index (χ1) is 9.55. The molecule has 0 saturated carbocycles. The monoisotopic (exact) mass is 271 g/mol. The summed E-state index contributed by atoms with van der Waals surface area (Å²) >= 11 is 0. The number of nitrogens with zero attached hydrogens (tertiary/aromatic N) is 2. The minimum absolute atomic E-state index is 0.0237. The number of hydrogen-bond acceptors (Lipinski definition) is 3. The van der Waals surface area contributed by atoms with E-state index in [2.05, 4.69) is 50.0 Å². The van der Waals surface area contributed by atoms with Crippen molar-refractivity contribution in [2.75, 3.05) is 14.1 Å². The normalized spacial score (nSPS) is 13.9. The van der Waals surface area contributed by atoms with Crippen LogP contribution >= 0.6 is 0 Å². The summed E-state index contributed by atoms with van der Waals surface area (Å²) in [6.45, 7) is 4.41. The van der Waals surface area contributed by atoms with Crippen molar-refractivity contribution in [1.82, 2.24) is 9.88 Å². The van der Waals surface area contributed by atoms with Crippen molar-refractivity contribution in [2.24, 2.45) is 5.73 Å². The zero-order chi connectivity index (χ0) is 14.8. The van der Waals surface area contributed by atoms with E-state index in [1.165, 1.54) is 0 Å². The van der Waals surface area contributed by atoms with Crippen molar-refractivity contribution in [3.8, 4) is 0 Å². The Morgan fingerprint density at radius 1 is 1.20 bits per heavy atom. The highest BCUT2D eigenvalue weighted by Gasteiger charge is 2.36. The Balaban J connectivity index is 2.46. The van der Waals surface area contributed by atoms with Crippen molar-refractivity contribution in [3.05, 3.63) is 42.1 Å². The molecule has 0 spiro atoms. The van der Waals surface area contributed by atoms with Crippen molar-refractivity contribution in [3.63, 3.8) is 0 Å². The molecule has 0 aliphatic carbocycles. The van der Waals surface area contributed by atoms with Gasteiger partial charge in [0, 0.05) is 23.2 Å². The van der Waals surface area contributed by atoms with Crippen LogP contribution in [0.1, 0.15) is 38.3 Å². The number of pyridine rings is 1. The average Bonchev–Trinajstić information content (AvgIpc) is 2.48. The molecule has 0 amide bonds. The van der Waals surface area contributed by atoms with E-state index < -0.39 is 0 Å². The maximum atomic E-state index is 6.61. The number of hydrogen-bond donors (Lipinski definition) is 1. The fraction of sp³-hybridized carbons (Fsp3) is 0.471. The molecular formula is C17H25N3. The van der Waals surface area contributed by atoms with E-state index in [4.69, 9.17) is 5.73 Å². The van der Waals surface area contributed by atoms with Gasteiger partial charge < -0.3 is 10.6 Å². The highest BCUT2D eigenvalue weighted by Crippen LogP contribution is 2.34. The van der Waals surface area contributed by atoms with Gasteiger partial charge in [0.05, 0.1) is 5.52 Å². The van der Waals surface area contributed by atoms with Gasteiger partial charge >= 0.3 is 0 Å². The Labute approximate surface area is 121 Å². The molecule has 0 saturated heterocycles. The Hall–Kier alpha value is -1.45. The van der Waals surface area contributed by atoms with Crippen molar-refractivity contribution in [2.45, 2.75) is 38.3 Å². The lowest BCUT2D eigenvalue weighted by atomic mass is 9.80. The lowest BCUT2D eigenvalue weighted by Gasteiger charge is -2.43. The number of benzene rings is 1. The highest BCUT2D eigenvalue weighted by molar-refractivity contribution is 5.78. The Kier molecular flexibility index (Phi) is 4.41. The molecule has 1 aromatic carbocycles. The van der Waals surface area contributed by atoms with E-state index in [-0.39, 0.29) is 11.6 Å². The van der Waals surface area contributed by atoms with Gasteiger partial charge in [0.15, 0.2) is 0 Å². The molecule has 2 aromatic rings. The molecule has 1 atom stereocenters. The summed E-state index contributed by atoms with van der Waals surface area (Å²) in [5.74, 6) is 0. The third-order valence-electron chi connectivity index (χ3n) is 4.66. The van der Waals surface area contributed by atoms with Crippen LogP contribution in [0.5, 0.6) is 0 Å². The molecule has 3 nitrogen and oxygen atoms in total. The van der Waals surface area contributed by atoms with Gasteiger partial charge in [0.1, 0.15) is 0 Å². The van der Waals surface area contributed by atoms with E-state index >= 15 is 0 Å². The van der Waals surface area contributed by atoms with E-state index in [1.807, 2.05) is 24.4 Å². The van der Waals surface area contributed by atoms with Crippen LogP contribution in [-0.4, -0.2) is 29.5 Å². The SMILES string of the molecule is CCC(CC)(C(N)c1cnc2ccccc2c1)N(C)C. The maximum Gasteiger partial charge on any atom is 0.0702 e. The molecule has 20 heavy (non-hydrogen) atoms. The zero-order valence-corrected chi connectivity index (χ0v) is 12.9. The van der Waals surface area contributed by atoms with E-state index in [9.17, 15) is 0 Å². The second-order valence-corrected chi connectivity index (χ2v) is 5.64. The van der Waals surface area contributed by atoms with E-state index in [0.717, 1.165) is 29.3 Å². The predicted molar refractivity (Wildman–Crippen MR) is 85.7 cm³/mol. The quantitative estimate of drug-likeness (QED) is 0.906.